The lowest BCUT2D eigenvalue weighted by molar-refractivity contribution is -0.142. The molecule has 53 heavy (non-hydrogen) atoms. The number of amides is 6. The van der Waals surface area contributed by atoms with Crippen molar-refractivity contribution in [1.82, 2.24) is 30.5 Å². The Morgan fingerprint density at radius 3 is 1.89 bits per heavy atom. The molecule has 2 heterocycles. The molecule has 2 saturated heterocycles. The fourth-order valence-electron chi connectivity index (χ4n) is 9.82. The highest BCUT2D eigenvalue weighted by molar-refractivity contribution is 7.91. The fourth-order valence-corrected chi connectivity index (χ4v) is 11.2. The highest BCUT2D eigenvalue weighted by Gasteiger charge is 2.85. The molecule has 6 amide bonds. The molecule has 0 bridgehead atoms. The quantitative estimate of drug-likeness (QED) is 0.245. The van der Waals surface area contributed by atoms with Crippen molar-refractivity contribution in [3.05, 3.63) is 12.7 Å². The zero-order valence-corrected chi connectivity index (χ0v) is 33.5. The van der Waals surface area contributed by atoms with Gasteiger partial charge in [0.15, 0.2) is 0 Å². The van der Waals surface area contributed by atoms with E-state index in [4.69, 9.17) is 4.74 Å². The first-order valence-corrected chi connectivity index (χ1v) is 20.8. The number of rotatable bonds is 10. The van der Waals surface area contributed by atoms with E-state index in [-0.39, 0.29) is 28.6 Å². The molecule has 6 rings (SSSR count). The van der Waals surface area contributed by atoms with Gasteiger partial charge in [-0.05, 0) is 60.2 Å². The van der Waals surface area contributed by atoms with Crippen molar-refractivity contribution in [1.29, 1.82) is 0 Å². The van der Waals surface area contributed by atoms with Crippen LogP contribution in [0, 0.1) is 33.0 Å². The number of nitrogens with zero attached hydrogens (tertiary/aromatic N) is 2. The molecule has 6 fully saturated rings. The van der Waals surface area contributed by atoms with E-state index in [0.29, 0.717) is 52.1 Å². The monoisotopic (exact) mass is 760 g/mol. The summed E-state index contributed by atoms with van der Waals surface area (Å²) in [5, 5.41) is 8.05. The summed E-state index contributed by atoms with van der Waals surface area (Å²) in [6.07, 6.45) is 6.14. The van der Waals surface area contributed by atoms with Crippen molar-refractivity contribution in [3.8, 4) is 0 Å². The number of hydrogen-bond donors (Lipinski definition) is 4. The molecular formula is C38H60N6O8S. The van der Waals surface area contributed by atoms with Gasteiger partial charge in [0, 0.05) is 31.0 Å². The van der Waals surface area contributed by atoms with E-state index < -0.39 is 79.4 Å². The highest BCUT2D eigenvalue weighted by Crippen LogP contribution is 2.88. The molecule has 2 spiro atoms. The second-order valence-electron chi connectivity index (χ2n) is 19.2. The number of urea groups is 1. The summed E-state index contributed by atoms with van der Waals surface area (Å²) in [4.78, 5) is 73.6. The van der Waals surface area contributed by atoms with Crippen LogP contribution in [0.1, 0.15) is 100 Å². The first kappa shape index (κ1) is 39.5. The van der Waals surface area contributed by atoms with Gasteiger partial charge in [-0.3, -0.25) is 23.9 Å². The SMILES string of the molecule is C=C[C@@H]1C[C@]1(NC(=O)[C@@H]1C[C@@]2(CN1C(=O)[C@@H](NC(=O)N[C@H](C(=O)N1CCOCC1)C(C)(C)C)C(C)(C)C)C(C)(C)C21CCC1)C(=O)NS(=O)(=O)C1CC1. The molecule has 4 aliphatic carbocycles. The van der Waals surface area contributed by atoms with Crippen molar-refractivity contribution >= 4 is 39.7 Å². The number of carbonyl (C=O) groups is 5. The van der Waals surface area contributed by atoms with E-state index in [1.54, 1.807) is 15.9 Å². The molecule has 0 radical (unpaired) electrons. The Morgan fingerprint density at radius 2 is 1.43 bits per heavy atom. The minimum atomic E-state index is -3.87. The third-order valence-electron chi connectivity index (χ3n) is 13.7. The van der Waals surface area contributed by atoms with Crippen molar-refractivity contribution in [3.63, 3.8) is 0 Å². The van der Waals surface area contributed by atoms with Crippen molar-refractivity contribution < 1.29 is 37.1 Å². The molecule has 2 aliphatic heterocycles. The van der Waals surface area contributed by atoms with Gasteiger partial charge in [-0.2, -0.15) is 0 Å². The predicted molar refractivity (Wildman–Crippen MR) is 197 cm³/mol. The van der Waals surface area contributed by atoms with E-state index in [1.807, 2.05) is 41.5 Å². The van der Waals surface area contributed by atoms with Crippen LogP contribution in [0.5, 0.6) is 0 Å². The van der Waals surface area contributed by atoms with Crippen molar-refractivity contribution in [2.24, 2.45) is 33.0 Å². The summed E-state index contributed by atoms with van der Waals surface area (Å²) < 4.78 is 33.1. The third-order valence-corrected chi connectivity index (χ3v) is 15.6. The van der Waals surface area contributed by atoms with Gasteiger partial charge in [-0.1, -0.05) is 67.9 Å². The largest absolute Gasteiger partial charge is 0.378 e. The second kappa shape index (κ2) is 12.9. The number of nitrogens with one attached hydrogen (secondary N) is 4. The Balaban J connectivity index is 1.25. The maximum atomic E-state index is 14.9. The number of carbonyl (C=O) groups excluding carboxylic acids is 5. The van der Waals surface area contributed by atoms with Gasteiger partial charge in [0.05, 0.1) is 18.5 Å². The maximum absolute atomic E-state index is 14.9. The normalized spacial score (nSPS) is 31.2. The van der Waals surface area contributed by atoms with Crippen LogP contribution in [-0.4, -0.2) is 110 Å². The first-order chi connectivity index (χ1) is 24.5. The summed E-state index contributed by atoms with van der Waals surface area (Å²) >= 11 is 0. The Morgan fingerprint density at radius 1 is 0.868 bits per heavy atom. The fraction of sp³-hybridized carbons (Fsp3) is 0.816. The van der Waals surface area contributed by atoms with E-state index in [0.717, 1.165) is 19.3 Å². The lowest BCUT2D eigenvalue weighted by atomic mass is 9.73. The lowest BCUT2D eigenvalue weighted by Gasteiger charge is -2.38. The van der Waals surface area contributed by atoms with Crippen LogP contribution in [0.25, 0.3) is 0 Å². The van der Waals surface area contributed by atoms with E-state index in [9.17, 15) is 32.4 Å². The Hall–Kier alpha value is -3.20. The zero-order chi connectivity index (χ0) is 39.2. The standard InChI is InChI=1S/C38H60N6O8S/c1-10-23-20-38(23,31(48)42-53(50,51)24-12-13-24)41-28(45)25-21-37(35(8,9)36(37)14-11-15-36)22-44(25)30(47)27(34(5,6)7)40-32(49)39-26(33(2,3)4)29(46)43-16-18-52-19-17-43/h10,23-27H,1,11-22H2,2-9H3,(H,41,45)(H,42,48)(H2,39,40,49)/t23-,25+,26-,27-,37-,38-/m1/s1. The van der Waals surface area contributed by atoms with Gasteiger partial charge < -0.3 is 30.5 Å². The third kappa shape index (κ3) is 6.54. The molecule has 0 aromatic rings. The van der Waals surface area contributed by atoms with Gasteiger partial charge in [0.2, 0.25) is 27.7 Å². The number of sulfonamides is 1. The van der Waals surface area contributed by atoms with Crippen molar-refractivity contribution in [2.75, 3.05) is 32.8 Å². The molecule has 0 aromatic carbocycles. The molecule has 296 valence electrons. The summed E-state index contributed by atoms with van der Waals surface area (Å²) in [6, 6.07) is -3.58. The lowest BCUT2D eigenvalue weighted by Crippen LogP contribution is -2.63. The number of morpholine rings is 1. The van der Waals surface area contributed by atoms with E-state index in [2.05, 4.69) is 41.1 Å². The molecule has 15 heteroatoms. The van der Waals surface area contributed by atoms with Gasteiger partial charge in [0.1, 0.15) is 23.7 Å². The van der Waals surface area contributed by atoms with Crippen LogP contribution in [0.4, 0.5) is 4.79 Å². The molecule has 6 aliphatic rings. The topological polar surface area (TPSA) is 183 Å². The van der Waals surface area contributed by atoms with Gasteiger partial charge in [-0.25, -0.2) is 13.2 Å². The van der Waals surface area contributed by atoms with Gasteiger partial charge in [0.25, 0.3) is 5.91 Å². The first-order valence-electron chi connectivity index (χ1n) is 19.2. The Kier molecular flexibility index (Phi) is 9.65. The average Bonchev–Trinajstić information content (AvgIpc) is 3.99. The molecule has 0 unspecified atom stereocenters. The molecule has 4 N–H and O–H groups in total. The molecule has 6 atom stereocenters. The summed E-state index contributed by atoms with van der Waals surface area (Å²) in [5.74, 6) is -2.45. The maximum Gasteiger partial charge on any atom is 0.316 e. The predicted octanol–water partition coefficient (Wildman–Crippen LogP) is 2.44. The number of likely N-dealkylation sites (tertiary alicyclic amines) is 1. The van der Waals surface area contributed by atoms with E-state index >= 15 is 0 Å². The molecule has 0 aromatic heterocycles. The Bertz CT molecular complexity index is 1670. The molecular weight excluding hydrogens is 701 g/mol. The molecule has 14 nitrogen and oxygen atoms in total. The average molecular weight is 761 g/mol. The van der Waals surface area contributed by atoms with Gasteiger partial charge in [-0.15, -0.1) is 6.58 Å². The number of hydrogen-bond acceptors (Lipinski definition) is 8. The number of ether oxygens (including phenoxy) is 1. The summed E-state index contributed by atoms with van der Waals surface area (Å²) in [5.41, 5.74) is -3.44. The van der Waals surface area contributed by atoms with Crippen LogP contribution in [-0.2, 0) is 33.9 Å². The zero-order valence-electron chi connectivity index (χ0n) is 32.7. The summed E-state index contributed by atoms with van der Waals surface area (Å²) in [6.45, 7) is 21.3. The minimum Gasteiger partial charge on any atom is -0.378 e. The minimum absolute atomic E-state index is 0.0218. The van der Waals surface area contributed by atoms with Crippen LogP contribution in [0.3, 0.4) is 0 Å². The van der Waals surface area contributed by atoms with Crippen molar-refractivity contribution in [2.45, 2.75) is 129 Å². The van der Waals surface area contributed by atoms with Crippen LogP contribution in [0.15, 0.2) is 12.7 Å². The summed E-state index contributed by atoms with van der Waals surface area (Å²) in [7, 11) is -3.87. The number of fused-ring (bicyclic) bond motifs is 1. The van der Waals surface area contributed by atoms with Gasteiger partial charge >= 0.3 is 6.03 Å². The molecule has 4 saturated carbocycles. The van der Waals surface area contributed by atoms with Crippen LogP contribution >= 0.6 is 0 Å². The van der Waals surface area contributed by atoms with Crippen LogP contribution in [0.2, 0.25) is 0 Å². The smallest absolute Gasteiger partial charge is 0.316 e. The van der Waals surface area contributed by atoms with E-state index in [1.165, 1.54) is 0 Å². The highest BCUT2D eigenvalue weighted by atomic mass is 32.2. The van der Waals surface area contributed by atoms with Crippen LogP contribution < -0.4 is 20.7 Å². The Labute approximate surface area is 314 Å². The second-order valence-corrected chi connectivity index (χ2v) is 21.1.